The molecule has 0 saturated heterocycles. The fourth-order valence-corrected chi connectivity index (χ4v) is 4.43. The minimum Gasteiger partial charge on any atom is -0.179 e. The Kier molecular flexibility index (Phi) is 13.2. The quantitative estimate of drug-likeness (QED) is 0.242. The summed E-state index contributed by atoms with van der Waals surface area (Å²) >= 11 is 26.6. The van der Waals surface area contributed by atoms with Crippen LogP contribution in [-0.2, 0) is 0 Å². The highest BCUT2D eigenvalue weighted by atomic mass is 32.1. The van der Waals surface area contributed by atoms with E-state index in [9.17, 15) is 0 Å². The molecule has 0 heterocycles. The molecule has 0 rings (SSSR count). The molecule has 112 valence electrons. The second kappa shape index (κ2) is 12.2. The maximum absolute atomic E-state index is 4.53. The van der Waals surface area contributed by atoms with Gasteiger partial charge in [0.1, 0.15) is 0 Å². The molecule has 2 atom stereocenters. The fourth-order valence-electron chi connectivity index (χ4n) is 2.10. The molecule has 0 bridgehead atoms. The zero-order valence-electron chi connectivity index (χ0n) is 11.0. The van der Waals surface area contributed by atoms with Gasteiger partial charge >= 0.3 is 0 Å². The lowest BCUT2D eigenvalue weighted by Crippen LogP contribution is -2.24. The van der Waals surface area contributed by atoms with E-state index < -0.39 is 0 Å². The van der Waals surface area contributed by atoms with Crippen LogP contribution >= 0.6 is 75.8 Å². The second-order valence-electron chi connectivity index (χ2n) is 4.33. The molecule has 0 aromatic heterocycles. The van der Waals surface area contributed by atoms with E-state index in [1.54, 1.807) is 0 Å². The number of rotatable bonds is 10. The topological polar surface area (TPSA) is 0 Å². The van der Waals surface area contributed by atoms with Gasteiger partial charge in [-0.3, -0.25) is 0 Å². The smallest absolute Gasteiger partial charge is 0.0157 e. The molecule has 1 unspecified atom stereocenters. The van der Waals surface area contributed by atoms with E-state index in [1.165, 1.54) is 11.1 Å². The van der Waals surface area contributed by atoms with Crippen molar-refractivity contribution in [3.8, 4) is 0 Å². The van der Waals surface area contributed by atoms with E-state index in [1.807, 2.05) is 0 Å². The lowest BCUT2D eigenvalue weighted by molar-refractivity contribution is 0.445. The molecule has 0 aromatic carbocycles. The molecular formula is C13H24S6. The molecule has 0 aliphatic heterocycles. The van der Waals surface area contributed by atoms with Gasteiger partial charge in [-0.2, -0.15) is 75.8 Å². The van der Waals surface area contributed by atoms with Crippen LogP contribution in [0, 0.1) is 11.8 Å². The molecule has 0 aromatic rings. The van der Waals surface area contributed by atoms with Gasteiger partial charge in [0.2, 0.25) is 0 Å². The van der Waals surface area contributed by atoms with Gasteiger partial charge in [-0.1, -0.05) is 12.2 Å². The summed E-state index contributed by atoms with van der Waals surface area (Å²) in [5.74, 6) is 5.29. The molecule has 0 nitrogen and oxygen atoms in total. The van der Waals surface area contributed by atoms with Gasteiger partial charge in [0.15, 0.2) is 0 Å². The Hall–Kier alpha value is 1.58. The van der Waals surface area contributed by atoms with Crippen molar-refractivity contribution in [1.82, 2.24) is 0 Å². The first-order valence-electron chi connectivity index (χ1n) is 6.16. The minimum absolute atomic E-state index is 0.351. The highest BCUT2D eigenvalue weighted by Gasteiger charge is 2.24. The normalized spacial score (nSPS) is 15.9. The lowest BCUT2D eigenvalue weighted by Gasteiger charge is -2.29. The van der Waals surface area contributed by atoms with Crippen LogP contribution in [0.2, 0.25) is 0 Å². The Balaban J connectivity index is 5.45. The fraction of sp³-hybridized carbons (Fsp3) is 0.692. The van der Waals surface area contributed by atoms with Crippen LogP contribution in [0.4, 0.5) is 0 Å². The summed E-state index contributed by atoms with van der Waals surface area (Å²) in [6.07, 6.45) is 1.03. The third-order valence-corrected chi connectivity index (χ3v) is 5.44. The number of hydrogen-bond donors (Lipinski definition) is 6. The van der Waals surface area contributed by atoms with Gasteiger partial charge < -0.3 is 0 Å². The first kappa shape index (κ1) is 20.6. The summed E-state index contributed by atoms with van der Waals surface area (Å²) in [5.41, 5.74) is 3.49. The summed E-state index contributed by atoms with van der Waals surface area (Å²) in [6, 6.07) is 0. The highest BCUT2D eigenvalue weighted by molar-refractivity contribution is 7.81. The van der Waals surface area contributed by atoms with Crippen molar-refractivity contribution in [2.45, 2.75) is 6.42 Å². The number of hydrogen-bond acceptors (Lipinski definition) is 6. The number of thiol groups is 6. The lowest BCUT2D eigenvalue weighted by atomic mass is 9.84. The molecule has 0 spiro atoms. The van der Waals surface area contributed by atoms with E-state index in [0.29, 0.717) is 29.1 Å². The van der Waals surface area contributed by atoms with Crippen LogP contribution in [0.25, 0.3) is 0 Å². The van der Waals surface area contributed by atoms with Crippen molar-refractivity contribution >= 4 is 75.8 Å². The molecule has 0 fully saturated rings. The molecule has 0 aliphatic rings. The summed E-state index contributed by atoms with van der Waals surface area (Å²) in [7, 11) is 0. The van der Waals surface area contributed by atoms with Crippen LogP contribution in [0.15, 0.2) is 23.3 Å². The van der Waals surface area contributed by atoms with E-state index in [2.05, 4.69) is 82.4 Å². The minimum atomic E-state index is 0.351. The Bertz CT molecular complexity index is 300. The molecule has 0 amide bonds. The van der Waals surface area contributed by atoms with Gasteiger partial charge in [0, 0.05) is 17.3 Å². The van der Waals surface area contributed by atoms with E-state index in [-0.39, 0.29) is 0 Å². The van der Waals surface area contributed by atoms with Gasteiger partial charge in [0.25, 0.3) is 0 Å². The van der Waals surface area contributed by atoms with E-state index in [0.717, 1.165) is 29.3 Å². The third kappa shape index (κ3) is 6.47. The Morgan fingerprint density at radius 1 is 0.842 bits per heavy atom. The SMILES string of the molecule is C=C(CS)/C(CS)=C(/CS)[C@H](CS)C(CS)CCS. The van der Waals surface area contributed by atoms with Gasteiger partial charge in [-0.15, -0.1) is 0 Å². The van der Waals surface area contributed by atoms with Gasteiger partial charge in [-0.05, 0) is 46.7 Å². The van der Waals surface area contributed by atoms with Crippen molar-refractivity contribution in [1.29, 1.82) is 0 Å². The van der Waals surface area contributed by atoms with Crippen molar-refractivity contribution in [3.05, 3.63) is 23.3 Å². The van der Waals surface area contributed by atoms with Crippen LogP contribution in [0.5, 0.6) is 0 Å². The van der Waals surface area contributed by atoms with Crippen LogP contribution in [0.1, 0.15) is 6.42 Å². The molecular weight excluding hydrogens is 349 g/mol. The standard InChI is InChI=1S/C13H24S6/c1-9(4-15)11(6-17)13(8-19)12(7-18)10(5-16)2-3-14/h10,12,14-19H,1-8H2/b13-11-/t10?,12-/m1/s1. The zero-order valence-corrected chi connectivity index (χ0v) is 16.4. The maximum atomic E-state index is 4.53. The van der Waals surface area contributed by atoms with Gasteiger partial charge in [-0.25, -0.2) is 0 Å². The first-order valence-corrected chi connectivity index (χ1v) is 9.95. The van der Waals surface area contributed by atoms with Gasteiger partial charge in [0.05, 0.1) is 0 Å². The molecule has 0 radical (unpaired) electrons. The highest BCUT2D eigenvalue weighted by Crippen LogP contribution is 2.32. The predicted octanol–water partition coefficient (Wildman–Crippen LogP) is 4.04. The van der Waals surface area contributed by atoms with Crippen molar-refractivity contribution in [2.75, 3.05) is 34.5 Å². The summed E-state index contributed by atoms with van der Waals surface area (Å²) in [6.45, 7) is 4.08. The molecule has 0 aliphatic carbocycles. The Labute approximate surface area is 151 Å². The largest absolute Gasteiger partial charge is 0.179 e. The third-order valence-electron chi connectivity index (χ3n) is 3.28. The van der Waals surface area contributed by atoms with E-state index in [4.69, 9.17) is 0 Å². The van der Waals surface area contributed by atoms with Crippen LogP contribution in [0.3, 0.4) is 0 Å². The summed E-state index contributed by atoms with van der Waals surface area (Å²) in [4.78, 5) is 0. The van der Waals surface area contributed by atoms with Crippen molar-refractivity contribution in [3.63, 3.8) is 0 Å². The Morgan fingerprint density at radius 2 is 1.47 bits per heavy atom. The molecule has 19 heavy (non-hydrogen) atoms. The summed E-state index contributed by atoms with van der Waals surface area (Å²) < 4.78 is 0. The Morgan fingerprint density at radius 3 is 1.79 bits per heavy atom. The predicted molar refractivity (Wildman–Crippen MR) is 111 cm³/mol. The van der Waals surface area contributed by atoms with Crippen molar-refractivity contribution in [2.24, 2.45) is 11.8 Å². The van der Waals surface area contributed by atoms with Crippen molar-refractivity contribution < 1.29 is 0 Å². The van der Waals surface area contributed by atoms with E-state index >= 15 is 0 Å². The average molecular weight is 373 g/mol. The second-order valence-corrected chi connectivity index (χ2v) is 6.45. The van der Waals surface area contributed by atoms with Crippen LogP contribution < -0.4 is 0 Å². The monoisotopic (exact) mass is 372 g/mol. The van der Waals surface area contributed by atoms with Crippen LogP contribution in [-0.4, -0.2) is 34.5 Å². The zero-order chi connectivity index (χ0) is 14.8. The molecule has 6 heteroatoms. The maximum Gasteiger partial charge on any atom is 0.0157 e. The summed E-state index contributed by atoms with van der Waals surface area (Å²) in [5, 5.41) is 0. The first-order chi connectivity index (χ1) is 9.10. The average Bonchev–Trinajstić information content (AvgIpc) is 2.45. The molecule has 0 saturated carbocycles. The molecule has 0 N–H and O–H groups in total.